The van der Waals surface area contributed by atoms with Crippen molar-refractivity contribution in [1.82, 2.24) is 5.32 Å². The van der Waals surface area contributed by atoms with Crippen molar-refractivity contribution in [3.8, 4) is 0 Å². The molecule has 0 unspecified atom stereocenters. The molecule has 1 saturated carbocycles. The minimum Gasteiger partial charge on any atom is -0.366 e. The van der Waals surface area contributed by atoms with E-state index in [0.717, 1.165) is 18.9 Å². The highest BCUT2D eigenvalue weighted by molar-refractivity contribution is 5.97. The molecule has 0 aliphatic heterocycles. The second kappa shape index (κ2) is 6.67. The summed E-state index contributed by atoms with van der Waals surface area (Å²) >= 11 is 0. The van der Waals surface area contributed by atoms with Gasteiger partial charge < -0.3 is 16.4 Å². The van der Waals surface area contributed by atoms with Crippen molar-refractivity contribution in [3.63, 3.8) is 0 Å². The summed E-state index contributed by atoms with van der Waals surface area (Å²) in [6.07, 6.45) is 4.53. The standard InChI is InChI=1S/C15H20FN3O2/c1-9-12(16)6-10(15(17)21)7-13(9)19-14(20)8-18-11-4-2-3-5-11/h6-7,11,18H,2-5,8H2,1H3,(H2,17,21)(H,19,20). The third-order valence-electron chi connectivity index (χ3n) is 3.81. The number of nitrogens with two attached hydrogens (primary N) is 1. The number of carbonyl (C=O) groups is 2. The summed E-state index contributed by atoms with van der Waals surface area (Å²) in [6, 6.07) is 2.85. The van der Waals surface area contributed by atoms with E-state index in [1.54, 1.807) is 6.92 Å². The van der Waals surface area contributed by atoms with Crippen LogP contribution in [-0.4, -0.2) is 24.4 Å². The highest BCUT2D eigenvalue weighted by Gasteiger charge is 2.16. The second-order valence-electron chi connectivity index (χ2n) is 5.41. The van der Waals surface area contributed by atoms with Crippen LogP contribution in [0.5, 0.6) is 0 Å². The Morgan fingerprint density at radius 1 is 1.33 bits per heavy atom. The lowest BCUT2D eigenvalue weighted by molar-refractivity contribution is -0.115. The molecule has 1 aliphatic rings. The molecule has 0 saturated heterocycles. The van der Waals surface area contributed by atoms with Gasteiger partial charge in [-0.15, -0.1) is 0 Å². The Kier molecular flexibility index (Phi) is 4.90. The van der Waals surface area contributed by atoms with Gasteiger partial charge in [0.05, 0.1) is 6.54 Å². The van der Waals surface area contributed by atoms with Crippen LogP contribution < -0.4 is 16.4 Å². The summed E-state index contributed by atoms with van der Waals surface area (Å²) in [4.78, 5) is 23.0. The Hall–Kier alpha value is -1.95. The van der Waals surface area contributed by atoms with Crippen molar-refractivity contribution in [1.29, 1.82) is 0 Å². The maximum Gasteiger partial charge on any atom is 0.248 e. The summed E-state index contributed by atoms with van der Waals surface area (Å²) in [5, 5.41) is 5.80. The number of hydrogen-bond donors (Lipinski definition) is 3. The number of amides is 2. The van der Waals surface area contributed by atoms with E-state index in [1.807, 2.05) is 0 Å². The van der Waals surface area contributed by atoms with Gasteiger partial charge in [-0.3, -0.25) is 9.59 Å². The normalized spacial score (nSPS) is 15.1. The first-order valence-electron chi connectivity index (χ1n) is 7.10. The van der Waals surface area contributed by atoms with Crippen LogP contribution in [0, 0.1) is 12.7 Å². The zero-order valence-electron chi connectivity index (χ0n) is 12.0. The minimum absolute atomic E-state index is 0.0390. The van der Waals surface area contributed by atoms with Crippen molar-refractivity contribution >= 4 is 17.5 Å². The molecule has 21 heavy (non-hydrogen) atoms. The number of carbonyl (C=O) groups excluding carboxylic acids is 2. The van der Waals surface area contributed by atoms with E-state index < -0.39 is 11.7 Å². The van der Waals surface area contributed by atoms with E-state index >= 15 is 0 Å². The number of primary amides is 1. The van der Waals surface area contributed by atoms with E-state index in [9.17, 15) is 14.0 Å². The molecule has 1 aromatic rings. The highest BCUT2D eigenvalue weighted by atomic mass is 19.1. The summed E-state index contributed by atoms with van der Waals surface area (Å²) in [6.45, 7) is 1.71. The van der Waals surface area contributed by atoms with Gasteiger partial charge in [-0.25, -0.2) is 4.39 Å². The Morgan fingerprint density at radius 2 is 2.00 bits per heavy atom. The molecule has 1 fully saturated rings. The van der Waals surface area contributed by atoms with Crippen LogP contribution in [0.4, 0.5) is 10.1 Å². The largest absolute Gasteiger partial charge is 0.366 e. The third kappa shape index (κ3) is 4.01. The molecule has 1 aliphatic carbocycles. The molecule has 6 heteroatoms. The molecule has 0 spiro atoms. The SMILES string of the molecule is Cc1c(F)cc(C(N)=O)cc1NC(=O)CNC1CCCC1. The number of benzene rings is 1. The van der Waals surface area contributed by atoms with Gasteiger partial charge in [0, 0.05) is 22.9 Å². The van der Waals surface area contributed by atoms with E-state index in [0.29, 0.717) is 6.04 Å². The van der Waals surface area contributed by atoms with E-state index in [-0.39, 0.29) is 29.3 Å². The first kappa shape index (κ1) is 15.4. The highest BCUT2D eigenvalue weighted by Crippen LogP contribution is 2.21. The van der Waals surface area contributed by atoms with Crippen molar-refractivity contribution in [2.24, 2.45) is 5.73 Å². The van der Waals surface area contributed by atoms with Crippen LogP contribution in [-0.2, 0) is 4.79 Å². The van der Waals surface area contributed by atoms with E-state index in [1.165, 1.54) is 18.9 Å². The molecule has 114 valence electrons. The molecule has 0 radical (unpaired) electrons. The monoisotopic (exact) mass is 293 g/mol. The maximum atomic E-state index is 13.7. The minimum atomic E-state index is -0.728. The molecule has 2 amide bonds. The zero-order chi connectivity index (χ0) is 15.4. The maximum absolute atomic E-state index is 13.7. The van der Waals surface area contributed by atoms with Gasteiger partial charge in [-0.05, 0) is 31.9 Å². The summed E-state index contributed by atoms with van der Waals surface area (Å²) in [7, 11) is 0. The van der Waals surface area contributed by atoms with Crippen molar-refractivity contribution in [2.75, 3.05) is 11.9 Å². The third-order valence-corrected chi connectivity index (χ3v) is 3.81. The molecule has 0 aromatic heterocycles. The number of hydrogen-bond acceptors (Lipinski definition) is 3. The molecule has 2 rings (SSSR count). The summed E-state index contributed by atoms with van der Waals surface area (Å²) in [5.41, 5.74) is 5.75. The van der Waals surface area contributed by atoms with Gasteiger partial charge in [0.2, 0.25) is 11.8 Å². The molecule has 0 bridgehead atoms. The van der Waals surface area contributed by atoms with Crippen LogP contribution >= 0.6 is 0 Å². The summed E-state index contributed by atoms with van der Waals surface area (Å²) < 4.78 is 13.7. The number of halogens is 1. The zero-order valence-corrected chi connectivity index (χ0v) is 12.0. The lowest BCUT2D eigenvalue weighted by Crippen LogP contribution is -2.34. The average molecular weight is 293 g/mol. The Bertz CT molecular complexity index is 554. The fourth-order valence-corrected chi connectivity index (χ4v) is 2.51. The lowest BCUT2D eigenvalue weighted by atomic mass is 10.1. The Balaban J connectivity index is 2.00. The van der Waals surface area contributed by atoms with Gasteiger partial charge >= 0.3 is 0 Å². The quantitative estimate of drug-likeness (QED) is 0.772. The van der Waals surface area contributed by atoms with E-state index in [4.69, 9.17) is 5.73 Å². The van der Waals surface area contributed by atoms with Crippen LogP contribution in [0.3, 0.4) is 0 Å². The Labute approximate surface area is 123 Å². The topological polar surface area (TPSA) is 84.2 Å². The number of anilines is 1. The van der Waals surface area contributed by atoms with Gasteiger partial charge in [0.25, 0.3) is 0 Å². The fraction of sp³-hybridized carbons (Fsp3) is 0.467. The van der Waals surface area contributed by atoms with Crippen LogP contribution in [0.15, 0.2) is 12.1 Å². The predicted molar refractivity (Wildman–Crippen MR) is 78.5 cm³/mol. The van der Waals surface area contributed by atoms with Crippen LogP contribution in [0.2, 0.25) is 0 Å². The van der Waals surface area contributed by atoms with Gasteiger partial charge in [-0.2, -0.15) is 0 Å². The van der Waals surface area contributed by atoms with Crippen molar-refractivity contribution in [3.05, 3.63) is 29.1 Å². The Morgan fingerprint density at radius 3 is 2.62 bits per heavy atom. The molecule has 4 N–H and O–H groups in total. The molecule has 0 atom stereocenters. The van der Waals surface area contributed by atoms with Crippen LogP contribution in [0.25, 0.3) is 0 Å². The molecule has 5 nitrogen and oxygen atoms in total. The van der Waals surface area contributed by atoms with Gasteiger partial charge in [0.15, 0.2) is 0 Å². The van der Waals surface area contributed by atoms with Gasteiger partial charge in [-0.1, -0.05) is 12.8 Å². The molecular weight excluding hydrogens is 273 g/mol. The predicted octanol–water partition coefficient (Wildman–Crippen LogP) is 1.70. The average Bonchev–Trinajstić information content (AvgIpc) is 2.94. The first-order chi connectivity index (χ1) is 9.97. The smallest absolute Gasteiger partial charge is 0.248 e. The summed E-state index contributed by atoms with van der Waals surface area (Å²) in [5.74, 6) is -1.55. The fourth-order valence-electron chi connectivity index (χ4n) is 2.51. The van der Waals surface area contributed by atoms with Gasteiger partial charge in [0.1, 0.15) is 5.82 Å². The van der Waals surface area contributed by atoms with Crippen molar-refractivity contribution in [2.45, 2.75) is 38.6 Å². The number of nitrogens with one attached hydrogen (secondary N) is 2. The molecular formula is C15H20FN3O2. The van der Waals surface area contributed by atoms with E-state index in [2.05, 4.69) is 10.6 Å². The van der Waals surface area contributed by atoms with Crippen molar-refractivity contribution < 1.29 is 14.0 Å². The first-order valence-corrected chi connectivity index (χ1v) is 7.10. The number of rotatable bonds is 5. The molecule has 0 heterocycles. The second-order valence-corrected chi connectivity index (χ2v) is 5.41. The van der Waals surface area contributed by atoms with Crippen LogP contribution in [0.1, 0.15) is 41.6 Å². The lowest BCUT2D eigenvalue weighted by Gasteiger charge is -2.13. The molecule has 1 aromatic carbocycles.